The Labute approximate surface area is 107 Å². The van der Waals surface area contributed by atoms with Crippen molar-refractivity contribution in [1.82, 2.24) is 5.32 Å². The molecular formula is C14H19NO3. The van der Waals surface area contributed by atoms with Crippen LogP contribution in [0.4, 0.5) is 0 Å². The lowest BCUT2D eigenvalue weighted by molar-refractivity contribution is -0.123. The molecule has 18 heavy (non-hydrogen) atoms. The quantitative estimate of drug-likeness (QED) is 0.826. The van der Waals surface area contributed by atoms with Crippen LogP contribution in [-0.2, 0) is 11.2 Å². The fourth-order valence-electron chi connectivity index (χ4n) is 2.06. The molecule has 1 aromatic carbocycles. The van der Waals surface area contributed by atoms with Crippen LogP contribution >= 0.6 is 0 Å². The zero-order valence-corrected chi connectivity index (χ0v) is 10.6. The number of amides is 1. The summed E-state index contributed by atoms with van der Waals surface area (Å²) >= 11 is 0. The van der Waals surface area contributed by atoms with E-state index < -0.39 is 0 Å². The topological polar surface area (TPSA) is 58.6 Å². The predicted molar refractivity (Wildman–Crippen MR) is 68.5 cm³/mol. The highest BCUT2D eigenvalue weighted by atomic mass is 16.5. The maximum atomic E-state index is 11.6. The van der Waals surface area contributed by atoms with Gasteiger partial charge in [0.2, 0.25) is 5.91 Å². The van der Waals surface area contributed by atoms with Gasteiger partial charge in [-0.15, -0.1) is 0 Å². The standard InChI is InChI=1S/C14H19NO3/c1-18-13-5-2-10(3-6-13)4-7-14(17)15-11-8-12(16)9-11/h2-3,5-6,11-12,16H,4,7-9H2,1H3,(H,15,17). The highest BCUT2D eigenvalue weighted by Gasteiger charge is 2.27. The number of carbonyl (C=O) groups excluding carboxylic acids is 1. The molecular weight excluding hydrogens is 230 g/mol. The normalized spacial score (nSPS) is 22.1. The van der Waals surface area contributed by atoms with Crippen LogP contribution in [0.25, 0.3) is 0 Å². The summed E-state index contributed by atoms with van der Waals surface area (Å²) in [5, 5.41) is 12.0. The second-order valence-corrected chi connectivity index (χ2v) is 4.74. The Hall–Kier alpha value is -1.55. The number of ether oxygens (including phenoxy) is 1. The van der Waals surface area contributed by atoms with Crippen molar-refractivity contribution in [2.75, 3.05) is 7.11 Å². The number of hydrogen-bond donors (Lipinski definition) is 2. The van der Waals surface area contributed by atoms with Crippen molar-refractivity contribution in [1.29, 1.82) is 0 Å². The Kier molecular flexibility index (Phi) is 4.20. The first kappa shape index (κ1) is 12.9. The molecule has 4 heteroatoms. The molecule has 98 valence electrons. The van der Waals surface area contributed by atoms with E-state index in [1.165, 1.54) is 0 Å². The minimum absolute atomic E-state index is 0.0581. The number of aliphatic hydroxyl groups is 1. The molecule has 0 aliphatic heterocycles. The van der Waals surface area contributed by atoms with Crippen LogP contribution in [0.3, 0.4) is 0 Å². The molecule has 1 aromatic rings. The van der Waals surface area contributed by atoms with Crippen molar-refractivity contribution in [3.8, 4) is 5.75 Å². The fourth-order valence-corrected chi connectivity index (χ4v) is 2.06. The van der Waals surface area contributed by atoms with Gasteiger partial charge in [-0.1, -0.05) is 12.1 Å². The van der Waals surface area contributed by atoms with E-state index in [0.29, 0.717) is 19.3 Å². The van der Waals surface area contributed by atoms with Gasteiger partial charge < -0.3 is 15.2 Å². The second kappa shape index (κ2) is 5.87. The number of nitrogens with one attached hydrogen (secondary N) is 1. The van der Waals surface area contributed by atoms with Gasteiger partial charge in [-0.3, -0.25) is 4.79 Å². The zero-order valence-electron chi connectivity index (χ0n) is 10.6. The molecule has 2 N–H and O–H groups in total. The summed E-state index contributed by atoms with van der Waals surface area (Å²) < 4.78 is 5.08. The maximum absolute atomic E-state index is 11.6. The summed E-state index contributed by atoms with van der Waals surface area (Å²) in [5.41, 5.74) is 1.12. The van der Waals surface area contributed by atoms with Crippen molar-refractivity contribution >= 4 is 5.91 Å². The summed E-state index contributed by atoms with van der Waals surface area (Å²) in [6.45, 7) is 0. The van der Waals surface area contributed by atoms with E-state index in [1.807, 2.05) is 24.3 Å². The molecule has 0 heterocycles. The van der Waals surface area contributed by atoms with Gasteiger partial charge in [-0.05, 0) is 37.0 Å². The minimum Gasteiger partial charge on any atom is -0.497 e. The van der Waals surface area contributed by atoms with Crippen LogP contribution in [0.5, 0.6) is 5.75 Å². The average Bonchev–Trinajstić information content (AvgIpc) is 2.35. The summed E-state index contributed by atoms with van der Waals surface area (Å²) in [4.78, 5) is 11.6. The van der Waals surface area contributed by atoms with E-state index in [2.05, 4.69) is 5.32 Å². The molecule has 2 rings (SSSR count). The molecule has 0 saturated heterocycles. The molecule has 0 spiro atoms. The third-order valence-electron chi connectivity index (χ3n) is 3.28. The van der Waals surface area contributed by atoms with Crippen LogP contribution in [0.1, 0.15) is 24.8 Å². The van der Waals surface area contributed by atoms with E-state index in [0.717, 1.165) is 17.7 Å². The molecule has 1 fully saturated rings. The van der Waals surface area contributed by atoms with Crippen molar-refractivity contribution in [2.45, 2.75) is 37.8 Å². The van der Waals surface area contributed by atoms with Crippen LogP contribution in [0.2, 0.25) is 0 Å². The van der Waals surface area contributed by atoms with E-state index in [-0.39, 0.29) is 18.1 Å². The van der Waals surface area contributed by atoms with Gasteiger partial charge in [-0.25, -0.2) is 0 Å². The van der Waals surface area contributed by atoms with Gasteiger partial charge in [0.15, 0.2) is 0 Å². The molecule has 4 nitrogen and oxygen atoms in total. The number of methoxy groups -OCH3 is 1. The summed E-state index contributed by atoms with van der Waals surface area (Å²) in [7, 11) is 1.63. The van der Waals surface area contributed by atoms with E-state index in [4.69, 9.17) is 9.84 Å². The van der Waals surface area contributed by atoms with Crippen molar-refractivity contribution in [3.63, 3.8) is 0 Å². The Morgan fingerprint density at radius 1 is 1.39 bits per heavy atom. The smallest absolute Gasteiger partial charge is 0.220 e. The van der Waals surface area contributed by atoms with Gasteiger partial charge in [0.05, 0.1) is 13.2 Å². The molecule has 1 aliphatic rings. The monoisotopic (exact) mass is 249 g/mol. The van der Waals surface area contributed by atoms with Crippen LogP contribution in [-0.4, -0.2) is 30.3 Å². The minimum atomic E-state index is -0.225. The average molecular weight is 249 g/mol. The third kappa shape index (κ3) is 3.47. The number of aliphatic hydroxyl groups excluding tert-OH is 1. The third-order valence-corrected chi connectivity index (χ3v) is 3.28. The molecule has 0 atom stereocenters. The molecule has 1 amide bonds. The Morgan fingerprint density at radius 3 is 2.61 bits per heavy atom. The van der Waals surface area contributed by atoms with Crippen molar-refractivity contribution in [3.05, 3.63) is 29.8 Å². The Morgan fingerprint density at radius 2 is 2.06 bits per heavy atom. The van der Waals surface area contributed by atoms with Gasteiger partial charge in [0.1, 0.15) is 5.75 Å². The highest BCUT2D eigenvalue weighted by molar-refractivity contribution is 5.76. The molecule has 0 aromatic heterocycles. The summed E-state index contributed by atoms with van der Waals surface area (Å²) in [6, 6.07) is 7.91. The summed E-state index contributed by atoms with van der Waals surface area (Å²) in [6.07, 6.45) is 2.36. The number of rotatable bonds is 5. The fraction of sp³-hybridized carbons (Fsp3) is 0.500. The number of hydrogen-bond acceptors (Lipinski definition) is 3. The maximum Gasteiger partial charge on any atom is 0.220 e. The second-order valence-electron chi connectivity index (χ2n) is 4.74. The van der Waals surface area contributed by atoms with Gasteiger partial charge in [0, 0.05) is 12.5 Å². The van der Waals surface area contributed by atoms with E-state index in [9.17, 15) is 4.79 Å². The zero-order chi connectivity index (χ0) is 13.0. The Bertz CT molecular complexity index is 396. The van der Waals surface area contributed by atoms with Crippen LogP contribution < -0.4 is 10.1 Å². The largest absolute Gasteiger partial charge is 0.497 e. The van der Waals surface area contributed by atoms with Crippen molar-refractivity contribution in [2.24, 2.45) is 0 Å². The van der Waals surface area contributed by atoms with Crippen molar-refractivity contribution < 1.29 is 14.6 Å². The highest BCUT2D eigenvalue weighted by Crippen LogP contribution is 2.19. The number of benzene rings is 1. The van der Waals surface area contributed by atoms with Gasteiger partial charge in [-0.2, -0.15) is 0 Å². The van der Waals surface area contributed by atoms with Crippen LogP contribution in [0, 0.1) is 0 Å². The molecule has 0 unspecified atom stereocenters. The number of carbonyl (C=O) groups is 1. The molecule has 1 aliphatic carbocycles. The first-order valence-corrected chi connectivity index (χ1v) is 6.27. The van der Waals surface area contributed by atoms with Gasteiger partial charge >= 0.3 is 0 Å². The predicted octanol–water partition coefficient (Wildman–Crippen LogP) is 1.27. The first-order chi connectivity index (χ1) is 8.67. The lowest BCUT2D eigenvalue weighted by Gasteiger charge is -2.31. The summed E-state index contributed by atoms with van der Waals surface area (Å²) in [5.74, 6) is 0.884. The first-order valence-electron chi connectivity index (χ1n) is 6.27. The van der Waals surface area contributed by atoms with E-state index in [1.54, 1.807) is 7.11 Å². The van der Waals surface area contributed by atoms with E-state index >= 15 is 0 Å². The lowest BCUT2D eigenvalue weighted by Crippen LogP contribution is -2.46. The van der Waals surface area contributed by atoms with Crippen LogP contribution in [0.15, 0.2) is 24.3 Å². The van der Waals surface area contributed by atoms with Gasteiger partial charge in [0.25, 0.3) is 0 Å². The number of aryl methyl sites for hydroxylation is 1. The Balaban J connectivity index is 1.71. The molecule has 0 bridgehead atoms. The lowest BCUT2D eigenvalue weighted by atomic mass is 9.89. The SMILES string of the molecule is COc1ccc(CCC(=O)NC2CC(O)C2)cc1. The molecule has 1 saturated carbocycles. The molecule has 0 radical (unpaired) electrons.